The summed E-state index contributed by atoms with van der Waals surface area (Å²) in [6.45, 7) is 7.45. The second-order valence-corrected chi connectivity index (χ2v) is 10.3. The molecule has 1 fully saturated rings. The van der Waals surface area contributed by atoms with Crippen molar-refractivity contribution in [1.29, 1.82) is 0 Å². The van der Waals surface area contributed by atoms with Crippen molar-refractivity contribution < 1.29 is 13.2 Å². The first-order valence-corrected chi connectivity index (χ1v) is 11.9. The highest BCUT2D eigenvalue weighted by Crippen LogP contribution is 2.27. The lowest BCUT2D eigenvalue weighted by atomic mass is 9.94. The van der Waals surface area contributed by atoms with E-state index in [1.54, 1.807) is 28.6 Å². The summed E-state index contributed by atoms with van der Waals surface area (Å²) in [5.74, 6) is 0.535. The Kier molecular flexibility index (Phi) is 7.28. The molecule has 0 radical (unpaired) electrons. The van der Waals surface area contributed by atoms with Gasteiger partial charge in [0.15, 0.2) is 0 Å². The van der Waals surface area contributed by atoms with E-state index in [9.17, 15) is 13.2 Å². The van der Waals surface area contributed by atoms with Crippen LogP contribution >= 0.6 is 0 Å². The second kappa shape index (κ2) is 9.73. The van der Waals surface area contributed by atoms with Crippen molar-refractivity contribution in [2.75, 3.05) is 25.0 Å². The van der Waals surface area contributed by atoms with E-state index in [-0.39, 0.29) is 23.4 Å². The van der Waals surface area contributed by atoms with Crippen LogP contribution in [0.25, 0.3) is 0 Å². The Morgan fingerprint density at radius 2 is 1.63 bits per heavy atom. The zero-order valence-electron chi connectivity index (χ0n) is 17.8. The third kappa shape index (κ3) is 5.68. The number of piperidine rings is 1. The lowest BCUT2D eigenvalue weighted by Gasteiger charge is -2.34. The molecule has 3 atom stereocenters. The van der Waals surface area contributed by atoms with Crippen molar-refractivity contribution in [3.8, 4) is 0 Å². The summed E-state index contributed by atoms with van der Waals surface area (Å²) in [6, 6.07) is 16.4. The Morgan fingerprint density at radius 1 is 1.03 bits per heavy atom. The van der Waals surface area contributed by atoms with Crippen molar-refractivity contribution >= 4 is 21.6 Å². The number of nitrogens with zero attached hydrogens (tertiary/aromatic N) is 1. The van der Waals surface area contributed by atoms with Gasteiger partial charge in [-0.2, -0.15) is 4.31 Å². The van der Waals surface area contributed by atoms with Crippen LogP contribution in [0, 0.1) is 11.8 Å². The maximum absolute atomic E-state index is 13.0. The first-order valence-electron chi connectivity index (χ1n) is 10.4. The van der Waals surface area contributed by atoms with Crippen molar-refractivity contribution in [3.63, 3.8) is 0 Å². The van der Waals surface area contributed by atoms with Gasteiger partial charge < -0.3 is 10.6 Å². The molecule has 2 N–H and O–H groups in total. The van der Waals surface area contributed by atoms with Crippen LogP contribution in [0.3, 0.4) is 0 Å². The third-order valence-corrected chi connectivity index (χ3v) is 7.33. The molecule has 1 aliphatic heterocycles. The fourth-order valence-corrected chi connectivity index (χ4v) is 5.65. The van der Waals surface area contributed by atoms with E-state index in [1.165, 1.54) is 0 Å². The van der Waals surface area contributed by atoms with Crippen LogP contribution < -0.4 is 10.6 Å². The molecule has 3 rings (SSSR count). The zero-order chi connectivity index (χ0) is 21.7. The Morgan fingerprint density at radius 3 is 2.23 bits per heavy atom. The van der Waals surface area contributed by atoms with Gasteiger partial charge in [-0.1, -0.05) is 44.2 Å². The van der Waals surface area contributed by atoms with Gasteiger partial charge in [-0.3, -0.25) is 4.79 Å². The molecule has 162 valence electrons. The summed E-state index contributed by atoms with van der Waals surface area (Å²) >= 11 is 0. The first kappa shape index (κ1) is 22.5. The molecule has 7 heteroatoms. The highest BCUT2D eigenvalue weighted by atomic mass is 32.2. The van der Waals surface area contributed by atoms with Gasteiger partial charge in [0, 0.05) is 24.8 Å². The lowest BCUT2D eigenvalue weighted by molar-refractivity contribution is -0.115. The zero-order valence-corrected chi connectivity index (χ0v) is 18.7. The van der Waals surface area contributed by atoms with E-state index in [4.69, 9.17) is 0 Å². The van der Waals surface area contributed by atoms with E-state index in [0.29, 0.717) is 30.6 Å². The second-order valence-electron chi connectivity index (χ2n) is 8.35. The average molecular weight is 430 g/mol. The number of anilines is 1. The number of amides is 1. The summed E-state index contributed by atoms with van der Waals surface area (Å²) in [4.78, 5) is 12.5. The minimum absolute atomic E-state index is 0.0544. The summed E-state index contributed by atoms with van der Waals surface area (Å²) in [5, 5.41) is 6.00. The molecule has 1 saturated heterocycles. The maximum Gasteiger partial charge on any atom is 0.243 e. The van der Waals surface area contributed by atoms with Gasteiger partial charge in [-0.05, 0) is 55.0 Å². The number of hydrogen-bond donors (Lipinski definition) is 2. The van der Waals surface area contributed by atoms with Crippen LogP contribution in [0.5, 0.6) is 0 Å². The Balaban J connectivity index is 1.57. The van der Waals surface area contributed by atoms with Crippen molar-refractivity contribution in [2.24, 2.45) is 11.8 Å². The number of nitrogens with one attached hydrogen (secondary N) is 2. The molecule has 0 spiro atoms. The van der Waals surface area contributed by atoms with E-state index in [2.05, 4.69) is 24.5 Å². The summed E-state index contributed by atoms with van der Waals surface area (Å²) in [6.07, 6.45) is 1.05. The quantitative estimate of drug-likeness (QED) is 0.704. The molecule has 0 saturated carbocycles. The van der Waals surface area contributed by atoms with Gasteiger partial charge in [0.25, 0.3) is 0 Å². The van der Waals surface area contributed by atoms with Gasteiger partial charge in [-0.25, -0.2) is 8.42 Å². The molecule has 30 heavy (non-hydrogen) atoms. The number of carbonyl (C=O) groups is 1. The SMILES string of the molecule is C[C@@H]1C[C@@H](C)CN(S(=O)(=O)c2ccc(NC(=O)CN[C@@H](C)c3ccccc3)cc2)C1. The summed E-state index contributed by atoms with van der Waals surface area (Å²) in [5.41, 5.74) is 1.69. The topological polar surface area (TPSA) is 78.5 Å². The van der Waals surface area contributed by atoms with Gasteiger partial charge in [0.1, 0.15) is 0 Å². The van der Waals surface area contributed by atoms with Crippen molar-refractivity contribution in [1.82, 2.24) is 9.62 Å². The van der Waals surface area contributed by atoms with Gasteiger partial charge in [-0.15, -0.1) is 0 Å². The first-order chi connectivity index (χ1) is 14.3. The molecule has 6 nitrogen and oxygen atoms in total. The van der Waals surface area contributed by atoms with E-state index in [1.807, 2.05) is 37.3 Å². The molecule has 1 heterocycles. The standard InChI is InChI=1S/C23H31N3O3S/c1-17-13-18(2)16-26(15-17)30(28,29)22-11-9-21(10-12-22)25-23(27)14-24-19(3)20-7-5-4-6-8-20/h4-12,17-19,24H,13-16H2,1-3H3,(H,25,27)/t17-,18-,19+/m1/s1. The fourth-order valence-electron chi connectivity index (χ4n) is 3.97. The molecule has 1 aliphatic rings. The van der Waals surface area contributed by atoms with E-state index >= 15 is 0 Å². The van der Waals surface area contributed by atoms with Crippen LogP contribution in [0.2, 0.25) is 0 Å². The molecular weight excluding hydrogens is 398 g/mol. The predicted octanol–water partition coefficient (Wildman–Crippen LogP) is 3.64. The van der Waals surface area contributed by atoms with Gasteiger partial charge in [0.05, 0.1) is 11.4 Å². The fraction of sp³-hybridized carbons (Fsp3) is 0.435. The highest BCUT2D eigenvalue weighted by Gasteiger charge is 2.31. The minimum atomic E-state index is -3.52. The Labute approximate surface area is 179 Å². The largest absolute Gasteiger partial charge is 0.325 e. The molecule has 0 aliphatic carbocycles. The number of benzene rings is 2. The normalized spacial score (nSPS) is 21.2. The van der Waals surface area contributed by atoms with E-state index in [0.717, 1.165) is 12.0 Å². The van der Waals surface area contributed by atoms with Crippen molar-refractivity contribution in [3.05, 3.63) is 60.2 Å². The lowest BCUT2D eigenvalue weighted by Crippen LogP contribution is -2.42. The molecule has 2 aromatic rings. The third-order valence-electron chi connectivity index (χ3n) is 5.48. The van der Waals surface area contributed by atoms with Gasteiger partial charge in [0.2, 0.25) is 15.9 Å². The van der Waals surface area contributed by atoms with Crippen LogP contribution in [0.4, 0.5) is 5.69 Å². The smallest absolute Gasteiger partial charge is 0.243 e. The molecule has 1 amide bonds. The molecule has 0 bridgehead atoms. The summed E-state index contributed by atoms with van der Waals surface area (Å²) in [7, 11) is -3.52. The van der Waals surface area contributed by atoms with Crippen molar-refractivity contribution in [2.45, 2.75) is 38.1 Å². The number of rotatable bonds is 7. The predicted molar refractivity (Wildman–Crippen MR) is 120 cm³/mol. The number of sulfonamides is 1. The molecule has 0 aromatic heterocycles. The number of hydrogen-bond acceptors (Lipinski definition) is 4. The Hall–Kier alpha value is -2.22. The molecule has 0 unspecified atom stereocenters. The maximum atomic E-state index is 13.0. The molecular formula is C23H31N3O3S. The summed E-state index contributed by atoms with van der Waals surface area (Å²) < 4.78 is 27.5. The van der Waals surface area contributed by atoms with E-state index < -0.39 is 10.0 Å². The van der Waals surface area contributed by atoms with Crippen LogP contribution in [0.1, 0.15) is 38.8 Å². The molecule has 2 aromatic carbocycles. The monoisotopic (exact) mass is 429 g/mol. The van der Waals surface area contributed by atoms with Crippen LogP contribution in [-0.2, 0) is 14.8 Å². The average Bonchev–Trinajstić information content (AvgIpc) is 2.72. The van der Waals surface area contributed by atoms with Crippen LogP contribution in [0.15, 0.2) is 59.5 Å². The highest BCUT2D eigenvalue weighted by molar-refractivity contribution is 7.89. The van der Waals surface area contributed by atoms with Gasteiger partial charge >= 0.3 is 0 Å². The minimum Gasteiger partial charge on any atom is -0.325 e. The Bertz CT molecular complexity index is 935. The van der Waals surface area contributed by atoms with Crippen LogP contribution in [-0.4, -0.2) is 38.3 Å². The number of carbonyl (C=O) groups excluding carboxylic acids is 1.